The first kappa shape index (κ1) is 17.2. The summed E-state index contributed by atoms with van der Waals surface area (Å²) in [5, 5.41) is 5.61. The quantitative estimate of drug-likeness (QED) is 0.549. The minimum atomic E-state index is -0.245. The van der Waals surface area contributed by atoms with Gasteiger partial charge in [-0.1, -0.05) is 29.8 Å². The highest BCUT2D eigenvalue weighted by molar-refractivity contribution is 7.17. The Labute approximate surface area is 159 Å². The normalized spacial score (nSPS) is 10.9. The molecule has 3 heterocycles. The highest BCUT2D eigenvalue weighted by Gasteiger charge is 2.15. The molecule has 136 valence electrons. The van der Waals surface area contributed by atoms with E-state index in [0.717, 1.165) is 21.3 Å². The van der Waals surface area contributed by atoms with E-state index in [1.807, 2.05) is 5.38 Å². The van der Waals surface area contributed by atoms with Crippen molar-refractivity contribution in [3.63, 3.8) is 0 Å². The molecular formula is C20H17N3O3S. The molecule has 0 atom stereocenters. The summed E-state index contributed by atoms with van der Waals surface area (Å²) in [7, 11) is 0. The largest absolute Gasteiger partial charge is 0.467 e. The lowest BCUT2D eigenvalue weighted by Crippen LogP contribution is -2.28. The van der Waals surface area contributed by atoms with Gasteiger partial charge in [-0.2, -0.15) is 0 Å². The van der Waals surface area contributed by atoms with Gasteiger partial charge >= 0.3 is 0 Å². The van der Waals surface area contributed by atoms with Crippen LogP contribution in [0.15, 0.2) is 58.8 Å². The zero-order valence-electron chi connectivity index (χ0n) is 14.6. The van der Waals surface area contributed by atoms with E-state index in [1.165, 1.54) is 23.2 Å². The molecule has 3 aromatic heterocycles. The van der Waals surface area contributed by atoms with Gasteiger partial charge in [0.2, 0.25) is 5.88 Å². The summed E-state index contributed by atoms with van der Waals surface area (Å²) < 4.78 is 10.9. The van der Waals surface area contributed by atoms with Crippen LogP contribution in [0.4, 0.5) is 0 Å². The van der Waals surface area contributed by atoms with Crippen molar-refractivity contribution in [2.45, 2.75) is 13.5 Å². The van der Waals surface area contributed by atoms with Crippen molar-refractivity contribution in [3.8, 4) is 17.0 Å². The fourth-order valence-electron chi connectivity index (χ4n) is 2.69. The number of carbonyl (C=O) groups is 1. The number of carbonyl (C=O) groups excluding carboxylic acids is 1. The number of hydrogen-bond donors (Lipinski definition) is 1. The monoisotopic (exact) mass is 379 g/mol. The number of fused-ring (bicyclic) bond motifs is 1. The first-order chi connectivity index (χ1) is 13.2. The minimum absolute atomic E-state index is 0.129. The van der Waals surface area contributed by atoms with E-state index in [4.69, 9.17) is 9.15 Å². The first-order valence-electron chi connectivity index (χ1n) is 8.42. The number of nitrogens with one attached hydrogen (secondary N) is 1. The Morgan fingerprint density at radius 2 is 2.07 bits per heavy atom. The van der Waals surface area contributed by atoms with Crippen LogP contribution in [0.2, 0.25) is 0 Å². The second-order valence-electron chi connectivity index (χ2n) is 6.02. The van der Waals surface area contributed by atoms with Crippen LogP contribution in [0, 0.1) is 6.92 Å². The number of benzene rings is 1. The van der Waals surface area contributed by atoms with Crippen LogP contribution in [-0.2, 0) is 11.3 Å². The van der Waals surface area contributed by atoms with Crippen molar-refractivity contribution in [1.82, 2.24) is 15.3 Å². The van der Waals surface area contributed by atoms with E-state index in [1.54, 1.807) is 18.4 Å². The van der Waals surface area contributed by atoms with Crippen molar-refractivity contribution in [3.05, 3.63) is 65.7 Å². The van der Waals surface area contributed by atoms with Gasteiger partial charge < -0.3 is 14.5 Å². The number of aryl methyl sites for hydroxylation is 1. The number of furan rings is 1. The van der Waals surface area contributed by atoms with Crippen LogP contribution in [0.25, 0.3) is 21.3 Å². The SMILES string of the molecule is Cc1ccc(-c2csc3ncnc(OCC(=O)NCc4ccco4)c23)cc1. The molecule has 0 saturated carbocycles. The summed E-state index contributed by atoms with van der Waals surface area (Å²) in [5.41, 5.74) is 3.26. The molecule has 6 nitrogen and oxygen atoms in total. The topological polar surface area (TPSA) is 77.2 Å². The highest BCUT2D eigenvalue weighted by atomic mass is 32.1. The van der Waals surface area contributed by atoms with E-state index in [2.05, 4.69) is 46.5 Å². The van der Waals surface area contributed by atoms with Gasteiger partial charge in [0, 0.05) is 10.9 Å². The maximum atomic E-state index is 12.1. The molecule has 0 fully saturated rings. The van der Waals surface area contributed by atoms with Crippen LogP contribution >= 0.6 is 11.3 Å². The van der Waals surface area contributed by atoms with Gasteiger partial charge in [0.25, 0.3) is 5.91 Å². The van der Waals surface area contributed by atoms with Gasteiger partial charge in [-0.3, -0.25) is 4.79 Å². The summed E-state index contributed by atoms with van der Waals surface area (Å²) in [6.07, 6.45) is 3.02. The Hall–Kier alpha value is -3.19. The molecule has 0 spiro atoms. The number of thiophene rings is 1. The molecular weight excluding hydrogens is 362 g/mol. The van der Waals surface area contributed by atoms with E-state index in [0.29, 0.717) is 18.2 Å². The average molecular weight is 379 g/mol. The Morgan fingerprint density at radius 1 is 1.22 bits per heavy atom. The minimum Gasteiger partial charge on any atom is -0.467 e. The van der Waals surface area contributed by atoms with Crippen LogP contribution in [0.1, 0.15) is 11.3 Å². The molecule has 0 aliphatic heterocycles. The zero-order chi connectivity index (χ0) is 18.6. The lowest BCUT2D eigenvalue weighted by Gasteiger charge is -2.08. The maximum Gasteiger partial charge on any atom is 0.258 e. The molecule has 0 aliphatic rings. The Balaban J connectivity index is 1.52. The molecule has 1 amide bonds. The Bertz CT molecular complexity index is 1060. The second-order valence-corrected chi connectivity index (χ2v) is 6.88. The van der Waals surface area contributed by atoms with E-state index in [9.17, 15) is 4.79 Å². The van der Waals surface area contributed by atoms with Gasteiger partial charge in [0.1, 0.15) is 16.9 Å². The van der Waals surface area contributed by atoms with E-state index >= 15 is 0 Å². The fraction of sp³-hybridized carbons (Fsp3) is 0.150. The lowest BCUT2D eigenvalue weighted by atomic mass is 10.0. The molecule has 7 heteroatoms. The van der Waals surface area contributed by atoms with Crippen molar-refractivity contribution in [2.75, 3.05) is 6.61 Å². The number of rotatable bonds is 6. The molecule has 1 aromatic carbocycles. The number of aromatic nitrogens is 2. The smallest absolute Gasteiger partial charge is 0.258 e. The number of hydrogen-bond acceptors (Lipinski definition) is 6. The van der Waals surface area contributed by atoms with Crippen molar-refractivity contribution >= 4 is 27.5 Å². The molecule has 0 aliphatic carbocycles. The molecule has 0 saturated heterocycles. The van der Waals surface area contributed by atoms with Crippen molar-refractivity contribution in [2.24, 2.45) is 0 Å². The predicted molar refractivity (Wildman–Crippen MR) is 104 cm³/mol. The third-order valence-electron chi connectivity index (χ3n) is 4.08. The number of amides is 1. The Morgan fingerprint density at radius 3 is 2.85 bits per heavy atom. The fourth-order valence-corrected chi connectivity index (χ4v) is 3.59. The van der Waals surface area contributed by atoms with Gasteiger partial charge in [-0.05, 0) is 24.6 Å². The van der Waals surface area contributed by atoms with Crippen LogP contribution in [0.3, 0.4) is 0 Å². The standard InChI is InChI=1S/C20H17N3O3S/c1-13-4-6-14(7-5-13)16-11-27-20-18(16)19(22-12-23-20)26-10-17(24)21-9-15-3-2-8-25-15/h2-8,11-12H,9-10H2,1H3,(H,21,24). The second kappa shape index (κ2) is 7.59. The van der Waals surface area contributed by atoms with E-state index < -0.39 is 0 Å². The maximum absolute atomic E-state index is 12.1. The third kappa shape index (κ3) is 3.83. The summed E-state index contributed by atoms with van der Waals surface area (Å²) in [5.74, 6) is 0.850. The summed E-state index contributed by atoms with van der Waals surface area (Å²) in [4.78, 5) is 21.4. The van der Waals surface area contributed by atoms with Crippen LogP contribution < -0.4 is 10.1 Å². The van der Waals surface area contributed by atoms with Crippen molar-refractivity contribution < 1.29 is 13.9 Å². The average Bonchev–Trinajstić information content (AvgIpc) is 3.35. The van der Waals surface area contributed by atoms with Crippen LogP contribution in [-0.4, -0.2) is 22.5 Å². The predicted octanol–water partition coefficient (Wildman–Crippen LogP) is 3.95. The molecule has 1 N–H and O–H groups in total. The van der Waals surface area contributed by atoms with Crippen molar-refractivity contribution in [1.29, 1.82) is 0 Å². The molecule has 0 radical (unpaired) electrons. The third-order valence-corrected chi connectivity index (χ3v) is 4.96. The number of nitrogens with zero attached hydrogens (tertiary/aromatic N) is 2. The number of ether oxygens (including phenoxy) is 1. The molecule has 27 heavy (non-hydrogen) atoms. The van der Waals surface area contributed by atoms with Gasteiger partial charge in [-0.25, -0.2) is 9.97 Å². The molecule has 0 unspecified atom stereocenters. The van der Waals surface area contributed by atoms with Gasteiger partial charge in [0.15, 0.2) is 6.61 Å². The molecule has 4 rings (SSSR count). The van der Waals surface area contributed by atoms with Gasteiger partial charge in [-0.15, -0.1) is 11.3 Å². The van der Waals surface area contributed by atoms with Crippen LogP contribution in [0.5, 0.6) is 5.88 Å². The Kier molecular flexibility index (Phi) is 4.84. The lowest BCUT2D eigenvalue weighted by molar-refractivity contribution is -0.123. The van der Waals surface area contributed by atoms with E-state index in [-0.39, 0.29) is 12.5 Å². The summed E-state index contributed by atoms with van der Waals surface area (Å²) in [6.45, 7) is 2.24. The zero-order valence-corrected chi connectivity index (χ0v) is 15.5. The molecule has 0 bridgehead atoms. The highest BCUT2D eigenvalue weighted by Crippen LogP contribution is 2.37. The first-order valence-corrected chi connectivity index (χ1v) is 9.30. The summed E-state index contributed by atoms with van der Waals surface area (Å²) in [6, 6.07) is 11.8. The molecule has 4 aromatic rings. The van der Waals surface area contributed by atoms with Gasteiger partial charge in [0.05, 0.1) is 18.2 Å². The summed E-state index contributed by atoms with van der Waals surface area (Å²) >= 11 is 1.53.